The zero-order chi connectivity index (χ0) is 25.3. The molecule has 0 aliphatic carbocycles. The molecule has 8 heteroatoms. The predicted octanol–water partition coefficient (Wildman–Crippen LogP) is 3.05. The number of nitrogens with zero attached hydrogens (tertiary/aromatic N) is 4. The molecule has 8 nitrogen and oxygen atoms in total. The van der Waals surface area contributed by atoms with E-state index in [9.17, 15) is 14.9 Å². The standard InChI is InChI=1S/C28H31N5O3/c1-36-17-7-12-30-27(34)21-33-20-23(25-10-5-6-11-26(25)33)18-22(19-29)28(35)32-15-13-31(14-16-32)24-8-3-2-4-9-24/h2-6,8-11,18,20H,7,12-17,21H2,1H3,(H,30,34)/b22-18+. The Kier molecular flexibility index (Phi) is 8.37. The van der Waals surface area contributed by atoms with Gasteiger partial charge in [-0.2, -0.15) is 5.26 Å². The fraction of sp³-hybridized carbons (Fsp3) is 0.321. The number of carbonyl (C=O) groups is 2. The van der Waals surface area contributed by atoms with Crippen molar-refractivity contribution in [2.24, 2.45) is 0 Å². The largest absolute Gasteiger partial charge is 0.385 e. The van der Waals surface area contributed by atoms with Crippen LogP contribution in [0.15, 0.2) is 66.4 Å². The molecule has 1 aromatic heterocycles. The van der Waals surface area contributed by atoms with Crippen molar-refractivity contribution in [3.8, 4) is 6.07 Å². The molecule has 36 heavy (non-hydrogen) atoms. The summed E-state index contributed by atoms with van der Waals surface area (Å²) in [5, 5.41) is 13.6. The van der Waals surface area contributed by atoms with E-state index in [2.05, 4.69) is 28.4 Å². The van der Waals surface area contributed by atoms with Gasteiger partial charge in [-0.3, -0.25) is 9.59 Å². The zero-order valence-electron chi connectivity index (χ0n) is 20.5. The number of methoxy groups -OCH3 is 1. The van der Waals surface area contributed by atoms with Crippen LogP contribution in [-0.2, 0) is 20.9 Å². The lowest BCUT2D eigenvalue weighted by Gasteiger charge is -2.36. The topological polar surface area (TPSA) is 90.6 Å². The smallest absolute Gasteiger partial charge is 0.264 e. The van der Waals surface area contributed by atoms with E-state index in [1.807, 2.05) is 53.2 Å². The maximum atomic E-state index is 13.2. The zero-order valence-corrected chi connectivity index (χ0v) is 20.5. The van der Waals surface area contributed by atoms with Crippen LogP contribution in [0.25, 0.3) is 17.0 Å². The SMILES string of the molecule is COCCCNC(=O)Cn1cc(/C=C(\C#N)C(=O)N2CCN(c3ccccc3)CC2)c2ccccc21. The molecule has 2 aromatic carbocycles. The molecule has 186 valence electrons. The molecule has 0 radical (unpaired) electrons. The molecular formula is C28H31N5O3. The molecule has 1 aliphatic heterocycles. The number of para-hydroxylation sites is 2. The molecule has 1 N–H and O–H groups in total. The van der Waals surface area contributed by atoms with Gasteiger partial charge in [0.25, 0.3) is 5.91 Å². The van der Waals surface area contributed by atoms with E-state index >= 15 is 0 Å². The Bertz CT molecular complexity index is 1270. The third kappa shape index (κ3) is 5.93. The molecule has 1 saturated heterocycles. The summed E-state index contributed by atoms with van der Waals surface area (Å²) in [6.45, 7) is 3.83. The van der Waals surface area contributed by atoms with E-state index in [1.165, 1.54) is 0 Å². The lowest BCUT2D eigenvalue weighted by Crippen LogP contribution is -2.49. The van der Waals surface area contributed by atoms with Crippen LogP contribution in [0.5, 0.6) is 0 Å². The molecule has 4 rings (SSSR count). The number of hydrogen-bond acceptors (Lipinski definition) is 5. The number of nitrogens with one attached hydrogen (secondary N) is 1. The van der Waals surface area contributed by atoms with Crippen molar-refractivity contribution in [2.75, 3.05) is 51.3 Å². The van der Waals surface area contributed by atoms with Crippen LogP contribution in [0.4, 0.5) is 5.69 Å². The summed E-state index contributed by atoms with van der Waals surface area (Å²) in [6, 6.07) is 19.9. The number of fused-ring (bicyclic) bond motifs is 1. The van der Waals surface area contributed by atoms with E-state index in [4.69, 9.17) is 4.74 Å². The van der Waals surface area contributed by atoms with Gasteiger partial charge in [-0.05, 0) is 30.7 Å². The van der Waals surface area contributed by atoms with Crippen molar-refractivity contribution >= 4 is 34.5 Å². The quantitative estimate of drug-likeness (QED) is 0.286. The van der Waals surface area contributed by atoms with Crippen molar-refractivity contribution in [1.29, 1.82) is 5.26 Å². The summed E-state index contributed by atoms with van der Waals surface area (Å²) in [4.78, 5) is 29.6. The first-order valence-electron chi connectivity index (χ1n) is 12.2. The van der Waals surface area contributed by atoms with Gasteiger partial charge in [-0.25, -0.2) is 0 Å². The molecule has 3 aromatic rings. The fourth-order valence-electron chi connectivity index (χ4n) is 4.45. The number of benzene rings is 2. The monoisotopic (exact) mass is 485 g/mol. The van der Waals surface area contributed by atoms with Gasteiger partial charge in [0.05, 0.1) is 0 Å². The molecule has 2 heterocycles. The van der Waals surface area contributed by atoms with E-state index in [0.717, 1.165) is 28.6 Å². The first-order valence-corrected chi connectivity index (χ1v) is 12.2. The van der Waals surface area contributed by atoms with Gasteiger partial charge < -0.3 is 24.4 Å². The van der Waals surface area contributed by atoms with E-state index < -0.39 is 0 Å². The second-order valence-electron chi connectivity index (χ2n) is 8.71. The Labute approximate surface area is 211 Å². The van der Waals surface area contributed by atoms with Crippen molar-refractivity contribution in [2.45, 2.75) is 13.0 Å². The number of aromatic nitrogens is 1. The minimum Gasteiger partial charge on any atom is -0.385 e. The highest BCUT2D eigenvalue weighted by Crippen LogP contribution is 2.24. The number of piperazine rings is 1. The Morgan fingerprint density at radius 3 is 2.50 bits per heavy atom. The average Bonchev–Trinajstić information content (AvgIpc) is 3.26. The van der Waals surface area contributed by atoms with Crippen LogP contribution < -0.4 is 10.2 Å². The van der Waals surface area contributed by atoms with Crippen molar-refractivity contribution in [3.05, 3.63) is 71.9 Å². The normalized spacial score (nSPS) is 14.1. The summed E-state index contributed by atoms with van der Waals surface area (Å²) in [7, 11) is 1.63. The second-order valence-corrected chi connectivity index (χ2v) is 8.71. The molecule has 1 fully saturated rings. The van der Waals surface area contributed by atoms with Gasteiger partial charge in [0.2, 0.25) is 5.91 Å². The van der Waals surface area contributed by atoms with Crippen LogP contribution >= 0.6 is 0 Å². The molecule has 0 saturated carbocycles. The van der Waals surface area contributed by atoms with E-state index in [-0.39, 0.29) is 23.9 Å². The van der Waals surface area contributed by atoms with Crippen LogP contribution in [0.3, 0.4) is 0 Å². The van der Waals surface area contributed by atoms with E-state index in [1.54, 1.807) is 18.1 Å². The fourth-order valence-corrected chi connectivity index (χ4v) is 4.45. The number of hydrogen-bond donors (Lipinski definition) is 1. The summed E-state index contributed by atoms with van der Waals surface area (Å²) in [6.07, 6.45) is 4.22. The lowest BCUT2D eigenvalue weighted by molar-refractivity contribution is -0.127. The summed E-state index contributed by atoms with van der Waals surface area (Å²) >= 11 is 0. The van der Waals surface area contributed by atoms with Crippen molar-refractivity contribution in [3.63, 3.8) is 0 Å². The summed E-state index contributed by atoms with van der Waals surface area (Å²) in [5.74, 6) is -0.367. The minimum atomic E-state index is -0.266. The molecule has 2 amide bonds. The van der Waals surface area contributed by atoms with E-state index in [0.29, 0.717) is 39.3 Å². The van der Waals surface area contributed by atoms with Gasteiger partial charge in [0, 0.05) is 74.8 Å². The highest BCUT2D eigenvalue weighted by molar-refractivity contribution is 6.04. The second kappa shape index (κ2) is 12.0. The number of amides is 2. The first-order chi connectivity index (χ1) is 17.6. The van der Waals surface area contributed by atoms with Crippen LogP contribution in [0.1, 0.15) is 12.0 Å². The minimum absolute atomic E-state index is 0.0927. The molecule has 0 atom stereocenters. The first kappa shape index (κ1) is 25.0. The maximum absolute atomic E-state index is 13.2. The van der Waals surface area contributed by atoms with Gasteiger partial charge in [0.15, 0.2) is 0 Å². The average molecular weight is 486 g/mol. The maximum Gasteiger partial charge on any atom is 0.264 e. The highest BCUT2D eigenvalue weighted by Gasteiger charge is 2.24. The molecule has 0 bridgehead atoms. The Morgan fingerprint density at radius 1 is 1.06 bits per heavy atom. The summed E-state index contributed by atoms with van der Waals surface area (Å²) in [5.41, 5.74) is 2.84. The number of rotatable bonds is 9. The number of ether oxygens (including phenoxy) is 1. The van der Waals surface area contributed by atoms with Crippen LogP contribution in [0, 0.1) is 11.3 Å². The molecule has 0 unspecified atom stereocenters. The molecule has 0 spiro atoms. The number of carbonyl (C=O) groups excluding carboxylic acids is 2. The van der Waals surface area contributed by atoms with Crippen molar-refractivity contribution in [1.82, 2.24) is 14.8 Å². The molecular weight excluding hydrogens is 454 g/mol. The number of nitriles is 1. The Morgan fingerprint density at radius 2 is 1.78 bits per heavy atom. The van der Waals surface area contributed by atoms with Gasteiger partial charge in [-0.15, -0.1) is 0 Å². The molecule has 1 aliphatic rings. The van der Waals surface area contributed by atoms with Crippen LogP contribution in [0.2, 0.25) is 0 Å². The lowest BCUT2D eigenvalue weighted by atomic mass is 10.1. The number of anilines is 1. The van der Waals surface area contributed by atoms with Gasteiger partial charge in [0.1, 0.15) is 18.2 Å². The third-order valence-corrected chi connectivity index (χ3v) is 6.32. The highest BCUT2D eigenvalue weighted by atomic mass is 16.5. The predicted molar refractivity (Wildman–Crippen MR) is 140 cm³/mol. The Balaban J connectivity index is 1.48. The van der Waals surface area contributed by atoms with Crippen LogP contribution in [-0.4, -0.2) is 67.7 Å². The Hall–Kier alpha value is -4.09. The summed E-state index contributed by atoms with van der Waals surface area (Å²) < 4.78 is 6.87. The van der Waals surface area contributed by atoms with Gasteiger partial charge in [-0.1, -0.05) is 36.4 Å². The third-order valence-electron chi connectivity index (χ3n) is 6.32. The van der Waals surface area contributed by atoms with Gasteiger partial charge >= 0.3 is 0 Å². The van der Waals surface area contributed by atoms with Crippen molar-refractivity contribution < 1.29 is 14.3 Å².